The lowest BCUT2D eigenvalue weighted by Crippen LogP contribution is -2.60. The molecule has 5 atom stereocenters. The molecular formula is C14H25NO2. The van der Waals surface area contributed by atoms with Crippen molar-refractivity contribution < 1.29 is 9.84 Å². The van der Waals surface area contributed by atoms with Crippen molar-refractivity contribution in [3.63, 3.8) is 0 Å². The number of aliphatic hydroxyl groups is 1. The molecule has 0 radical (unpaired) electrons. The zero-order valence-corrected chi connectivity index (χ0v) is 10.8. The van der Waals surface area contributed by atoms with Crippen LogP contribution in [0.1, 0.15) is 44.9 Å². The lowest BCUT2D eigenvalue weighted by molar-refractivity contribution is -0.147. The summed E-state index contributed by atoms with van der Waals surface area (Å²) in [6.07, 6.45) is 8.22. The highest BCUT2D eigenvalue weighted by Crippen LogP contribution is 2.65. The van der Waals surface area contributed by atoms with E-state index in [1.165, 1.54) is 19.3 Å². The van der Waals surface area contributed by atoms with Crippen LogP contribution in [0.15, 0.2) is 0 Å². The van der Waals surface area contributed by atoms with Gasteiger partial charge in [-0.2, -0.15) is 0 Å². The topological polar surface area (TPSA) is 55.5 Å². The van der Waals surface area contributed by atoms with Gasteiger partial charge in [-0.25, -0.2) is 0 Å². The average molecular weight is 239 g/mol. The van der Waals surface area contributed by atoms with Crippen LogP contribution < -0.4 is 5.73 Å². The number of methoxy groups -OCH3 is 1. The Balaban J connectivity index is 1.85. The van der Waals surface area contributed by atoms with Gasteiger partial charge in [-0.15, -0.1) is 0 Å². The zero-order valence-electron chi connectivity index (χ0n) is 10.8. The molecule has 1 spiro atoms. The fraction of sp³-hybridized carbons (Fsp3) is 1.00. The average Bonchev–Trinajstić information content (AvgIpc) is 2.84. The normalized spacial score (nSPS) is 53.5. The van der Waals surface area contributed by atoms with Gasteiger partial charge >= 0.3 is 0 Å². The van der Waals surface area contributed by atoms with E-state index in [4.69, 9.17) is 10.5 Å². The number of ether oxygens (including phenoxy) is 1. The van der Waals surface area contributed by atoms with E-state index in [-0.39, 0.29) is 5.41 Å². The van der Waals surface area contributed by atoms with Crippen LogP contribution in [0.5, 0.6) is 0 Å². The van der Waals surface area contributed by atoms with Crippen molar-refractivity contribution in [2.75, 3.05) is 13.7 Å². The fourth-order valence-electron chi connectivity index (χ4n) is 5.15. The summed E-state index contributed by atoms with van der Waals surface area (Å²) < 4.78 is 5.31. The van der Waals surface area contributed by atoms with E-state index in [1.54, 1.807) is 7.11 Å². The van der Waals surface area contributed by atoms with Crippen molar-refractivity contribution in [2.45, 2.75) is 50.7 Å². The van der Waals surface area contributed by atoms with Gasteiger partial charge in [0.25, 0.3) is 0 Å². The maximum atomic E-state index is 10.8. The predicted octanol–water partition coefficient (Wildman–Crippen LogP) is 1.89. The van der Waals surface area contributed by atoms with Crippen molar-refractivity contribution in [2.24, 2.45) is 28.9 Å². The molecule has 0 amide bonds. The smallest absolute Gasteiger partial charge is 0.122 e. The van der Waals surface area contributed by atoms with E-state index in [9.17, 15) is 5.11 Å². The van der Waals surface area contributed by atoms with Crippen LogP contribution in [-0.4, -0.2) is 24.5 Å². The molecule has 2 bridgehead atoms. The predicted molar refractivity (Wildman–Crippen MR) is 66.2 cm³/mol. The lowest BCUT2D eigenvalue weighted by atomic mass is 9.58. The second-order valence-electron chi connectivity index (χ2n) is 6.61. The number of rotatable bonds is 2. The van der Waals surface area contributed by atoms with Gasteiger partial charge < -0.3 is 15.6 Å². The Labute approximate surface area is 104 Å². The monoisotopic (exact) mass is 239 g/mol. The summed E-state index contributed by atoms with van der Waals surface area (Å²) in [5.74, 6) is 1.62. The Morgan fingerprint density at radius 2 is 2.06 bits per heavy atom. The van der Waals surface area contributed by atoms with Gasteiger partial charge in [0.1, 0.15) is 5.72 Å². The fourth-order valence-corrected chi connectivity index (χ4v) is 5.15. The molecule has 0 heterocycles. The standard InChI is InChI=1S/C14H25NO2/c1-17-9-10-3-2-6-13(8-10)11-4-5-12(7-11)14(13,15)16/h10-12,16H,2-9,15H2,1H3/t10-,11-,12+,13+,14?/m1/s1. The number of hydrogen-bond donors (Lipinski definition) is 2. The van der Waals surface area contributed by atoms with Gasteiger partial charge in [0, 0.05) is 25.0 Å². The molecule has 3 aliphatic rings. The third kappa shape index (κ3) is 1.52. The Morgan fingerprint density at radius 3 is 2.71 bits per heavy atom. The van der Waals surface area contributed by atoms with Crippen LogP contribution >= 0.6 is 0 Å². The molecule has 3 saturated carbocycles. The summed E-state index contributed by atoms with van der Waals surface area (Å²) >= 11 is 0. The molecular weight excluding hydrogens is 214 g/mol. The third-order valence-corrected chi connectivity index (χ3v) is 5.92. The molecule has 3 aliphatic carbocycles. The Bertz CT molecular complexity index is 303. The number of fused-ring (bicyclic) bond motifs is 3. The zero-order chi connectivity index (χ0) is 12.1. The van der Waals surface area contributed by atoms with Crippen molar-refractivity contribution in [1.29, 1.82) is 0 Å². The second kappa shape index (κ2) is 3.94. The third-order valence-electron chi connectivity index (χ3n) is 5.92. The van der Waals surface area contributed by atoms with E-state index in [0.717, 1.165) is 32.3 Å². The van der Waals surface area contributed by atoms with Crippen LogP contribution in [0.3, 0.4) is 0 Å². The molecule has 3 rings (SSSR count). The lowest BCUT2D eigenvalue weighted by Gasteiger charge is -2.52. The van der Waals surface area contributed by atoms with Crippen LogP contribution in [0, 0.1) is 23.2 Å². The van der Waals surface area contributed by atoms with Crippen molar-refractivity contribution in [3.05, 3.63) is 0 Å². The van der Waals surface area contributed by atoms with Gasteiger partial charge in [0.05, 0.1) is 0 Å². The SMILES string of the molecule is COC[C@@H]1CCC[C@]2(C1)[C@@H]1CC[C@@H](C1)C2(N)O. The molecule has 1 unspecified atom stereocenters. The van der Waals surface area contributed by atoms with Gasteiger partial charge in [-0.1, -0.05) is 6.42 Å². The first-order valence-electron chi connectivity index (χ1n) is 7.10. The molecule has 98 valence electrons. The maximum absolute atomic E-state index is 10.8. The molecule has 3 N–H and O–H groups in total. The minimum atomic E-state index is -0.900. The number of nitrogens with two attached hydrogens (primary N) is 1. The molecule has 17 heavy (non-hydrogen) atoms. The minimum absolute atomic E-state index is 0.0113. The maximum Gasteiger partial charge on any atom is 0.122 e. The Morgan fingerprint density at radius 1 is 1.29 bits per heavy atom. The van der Waals surface area contributed by atoms with Gasteiger partial charge in [-0.3, -0.25) is 0 Å². The summed E-state index contributed by atoms with van der Waals surface area (Å²) in [4.78, 5) is 0. The van der Waals surface area contributed by atoms with Crippen LogP contribution in [-0.2, 0) is 4.74 Å². The van der Waals surface area contributed by atoms with Crippen molar-refractivity contribution >= 4 is 0 Å². The Kier molecular flexibility index (Phi) is 2.77. The molecule has 0 aromatic heterocycles. The summed E-state index contributed by atoms with van der Waals surface area (Å²) in [5, 5.41) is 10.8. The van der Waals surface area contributed by atoms with E-state index >= 15 is 0 Å². The minimum Gasteiger partial charge on any atom is -0.384 e. The van der Waals surface area contributed by atoms with Gasteiger partial charge in [0.2, 0.25) is 0 Å². The largest absolute Gasteiger partial charge is 0.384 e. The summed E-state index contributed by atoms with van der Waals surface area (Å²) in [6.45, 7) is 0.829. The van der Waals surface area contributed by atoms with Gasteiger partial charge in [-0.05, 0) is 50.4 Å². The van der Waals surface area contributed by atoms with Crippen molar-refractivity contribution in [1.82, 2.24) is 0 Å². The molecule has 0 aromatic rings. The van der Waals surface area contributed by atoms with E-state index < -0.39 is 5.72 Å². The molecule has 3 fully saturated rings. The van der Waals surface area contributed by atoms with Crippen LogP contribution in [0.2, 0.25) is 0 Å². The Hall–Kier alpha value is -0.120. The van der Waals surface area contributed by atoms with E-state index in [2.05, 4.69) is 0 Å². The first kappa shape index (κ1) is 11.9. The molecule has 0 saturated heterocycles. The highest BCUT2D eigenvalue weighted by molar-refractivity contribution is 5.14. The quantitative estimate of drug-likeness (QED) is 0.723. The second-order valence-corrected chi connectivity index (χ2v) is 6.61. The first-order chi connectivity index (χ1) is 8.10. The molecule has 3 nitrogen and oxygen atoms in total. The van der Waals surface area contributed by atoms with E-state index in [0.29, 0.717) is 17.8 Å². The van der Waals surface area contributed by atoms with E-state index in [1.807, 2.05) is 0 Å². The summed E-state index contributed by atoms with van der Waals surface area (Å²) in [6, 6.07) is 0. The van der Waals surface area contributed by atoms with Crippen LogP contribution in [0.4, 0.5) is 0 Å². The molecule has 3 heteroatoms. The molecule has 0 aliphatic heterocycles. The van der Waals surface area contributed by atoms with Crippen LogP contribution in [0.25, 0.3) is 0 Å². The number of hydrogen-bond acceptors (Lipinski definition) is 3. The summed E-state index contributed by atoms with van der Waals surface area (Å²) in [5.41, 5.74) is 5.46. The summed E-state index contributed by atoms with van der Waals surface area (Å²) in [7, 11) is 1.77. The first-order valence-corrected chi connectivity index (χ1v) is 7.10. The molecule has 0 aromatic carbocycles. The van der Waals surface area contributed by atoms with Gasteiger partial charge in [0.15, 0.2) is 0 Å². The highest BCUT2D eigenvalue weighted by atomic mass is 16.5. The van der Waals surface area contributed by atoms with Crippen molar-refractivity contribution in [3.8, 4) is 0 Å². The highest BCUT2D eigenvalue weighted by Gasteiger charge is 2.65.